The normalized spacial score (nSPS) is 12.6. The number of nitro groups is 1. The second-order valence-corrected chi connectivity index (χ2v) is 8.46. The van der Waals surface area contributed by atoms with Crippen molar-refractivity contribution in [3.8, 4) is 16.9 Å². The SMILES string of the molecule is COc1cc2c(Nc3cccc(C(O)(C(F)(F)F)C(F)(F)F)c3)c([N+](=O)[O-])cnc2cc1-c1c(C)noc1C. The van der Waals surface area contributed by atoms with Crippen molar-refractivity contribution in [2.24, 2.45) is 0 Å². The molecule has 2 aromatic heterocycles. The maximum Gasteiger partial charge on any atom is 0.430 e. The molecule has 4 rings (SSSR count). The molecule has 0 radical (unpaired) electrons. The van der Waals surface area contributed by atoms with Gasteiger partial charge in [0.2, 0.25) is 0 Å². The molecule has 0 spiro atoms. The smallest absolute Gasteiger partial charge is 0.430 e. The van der Waals surface area contributed by atoms with Crippen LogP contribution in [-0.2, 0) is 5.60 Å². The fourth-order valence-corrected chi connectivity index (χ4v) is 4.16. The fourth-order valence-electron chi connectivity index (χ4n) is 4.16. The first kappa shape index (κ1) is 27.6. The molecule has 206 valence electrons. The topological polar surface area (TPSA) is 124 Å². The molecule has 0 saturated heterocycles. The Hall–Kier alpha value is -4.40. The number of halogens is 6. The lowest BCUT2D eigenvalue weighted by Gasteiger charge is -2.32. The molecule has 0 bridgehead atoms. The van der Waals surface area contributed by atoms with Crippen molar-refractivity contribution in [2.45, 2.75) is 31.8 Å². The van der Waals surface area contributed by atoms with Gasteiger partial charge in [-0.2, -0.15) is 26.3 Å². The number of aryl methyl sites for hydroxylation is 2. The molecule has 0 saturated carbocycles. The van der Waals surface area contributed by atoms with Gasteiger partial charge in [-0.05, 0) is 38.1 Å². The van der Waals surface area contributed by atoms with Crippen LogP contribution in [0.5, 0.6) is 5.75 Å². The molecule has 0 aliphatic carbocycles. The van der Waals surface area contributed by atoms with Gasteiger partial charge in [0.05, 0.1) is 28.8 Å². The van der Waals surface area contributed by atoms with Crippen LogP contribution in [0.4, 0.5) is 43.4 Å². The standard InChI is InChI=1S/C24H18F6N4O5/c1-11-20(12(2)39-33-11)16-8-17-15(9-19(16)38-3)21(18(10-31-17)34(36)37)32-14-6-4-5-13(7-14)22(35,23(25,26)27)24(28,29)30/h4-10,35H,1-3H3,(H,31,32). The average Bonchev–Trinajstić information content (AvgIpc) is 3.18. The predicted molar refractivity (Wildman–Crippen MR) is 126 cm³/mol. The molecule has 0 atom stereocenters. The van der Waals surface area contributed by atoms with Gasteiger partial charge < -0.3 is 19.7 Å². The maximum atomic E-state index is 13.4. The van der Waals surface area contributed by atoms with E-state index in [-0.39, 0.29) is 22.3 Å². The zero-order valence-corrected chi connectivity index (χ0v) is 20.2. The molecule has 0 amide bonds. The van der Waals surface area contributed by atoms with Crippen molar-refractivity contribution in [3.63, 3.8) is 0 Å². The van der Waals surface area contributed by atoms with Gasteiger partial charge in [-0.1, -0.05) is 17.3 Å². The molecule has 0 unspecified atom stereocenters. The average molecular weight is 556 g/mol. The first-order chi connectivity index (χ1) is 18.1. The minimum atomic E-state index is -6.11. The Morgan fingerprint density at radius 2 is 1.74 bits per heavy atom. The van der Waals surface area contributed by atoms with Crippen LogP contribution in [0.15, 0.2) is 47.1 Å². The van der Waals surface area contributed by atoms with E-state index in [1.807, 2.05) is 0 Å². The number of nitrogens with zero attached hydrogens (tertiary/aromatic N) is 3. The third-order valence-electron chi connectivity index (χ3n) is 6.04. The highest BCUT2D eigenvalue weighted by molar-refractivity contribution is 6.01. The summed E-state index contributed by atoms with van der Waals surface area (Å²) in [5.74, 6) is 0.656. The number of pyridine rings is 1. The van der Waals surface area contributed by atoms with Gasteiger partial charge in [0, 0.05) is 22.2 Å². The van der Waals surface area contributed by atoms with Crippen LogP contribution < -0.4 is 10.1 Å². The number of nitrogens with one attached hydrogen (secondary N) is 1. The Labute approximate surface area is 215 Å². The van der Waals surface area contributed by atoms with Crippen molar-refractivity contribution >= 4 is 28.0 Å². The van der Waals surface area contributed by atoms with Crippen molar-refractivity contribution < 1.29 is 45.6 Å². The van der Waals surface area contributed by atoms with E-state index in [0.29, 0.717) is 34.7 Å². The van der Waals surface area contributed by atoms with E-state index in [0.717, 1.165) is 18.3 Å². The van der Waals surface area contributed by atoms with Crippen LogP contribution >= 0.6 is 0 Å². The highest BCUT2D eigenvalue weighted by atomic mass is 19.4. The molecule has 2 aromatic carbocycles. The molecule has 0 aliphatic heterocycles. The first-order valence-corrected chi connectivity index (χ1v) is 10.9. The van der Waals surface area contributed by atoms with Crippen molar-refractivity contribution in [2.75, 3.05) is 12.4 Å². The van der Waals surface area contributed by atoms with Crippen LogP contribution in [0.25, 0.3) is 22.0 Å². The molecule has 0 fully saturated rings. The zero-order chi connectivity index (χ0) is 28.9. The summed E-state index contributed by atoms with van der Waals surface area (Å²) < 4.78 is 91.1. The molecular formula is C24H18F6N4O5. The fraction of sp³-hybridized carbons (Fsp3) is 0.250. The molecular weight excluding hydrogens is 538 g/mol. The van der Waals surface area contributed by atoms with E-state index < -0.39 is 39.8 Å². The minimum Gasteiger partial charge on any atom is -0.496 e. The number of aromatic nitrogens is 2. The summed E-state index contributed by atoms with van der Waals surface area (Å²) in [5, 5.41) is 28.0. The Kier molecular flexibility index (Phi) is 6.67. The number of anilines is 2. The number of aliphatic hydroxyl groups is 1. The number of benzene rings is 2. The van der Waals surface area contributed by atoms with Gasteiger partial charge in [0.15, 0.2) is 0 Å². The van der Waals surface area contributed by atoms with Gasteiger partial charge in [-0.15, -0.1) is 0 Å². The summed E-state index contributed by atoms with van der Waals surface area (Å²) in [6, 6.07) is 5.69. The molecule has 0 aliphatic rings. The van der Waals surface area contributed by atoms with Crippen LogP contribution in [0.1, 0.15) is 17.0 Å². The summed E-state index contributed by atoms with van der Waals surface area (Å²) in [5.41, 5.74) is -6.27. The van der Waals surface area contributed by atoms with Crippen molar-refractivity contribution in [3.05, 3.63) is 69.7 Å². The van der Waals surface area contributed by atoms with E-state index in [2.05, 4.69) is 15.5 Å². The van der Waals surface area contributed by atoms with E-state index >= 15 is 0 Å². The first-order valence-electron chi connectivity index (χ1n) is 10.9. The molecule has 4 aromatic rings. The van der Waals surface area contributed by atoms with Crippen LogP contribution in [0.3, 0.4) is 0 Å². The lowest BCUT2D eigenvalue weighted by molar-refractivity contribution is -0.384. The Morgan fingerprint density at radius 1 is 1.08 bits per heavy atom. The highest BCUT2D eigenvalue weighted by Gasteiger charge is 2.71. The summed E-state index contributed by atoms with van der Waals surface area (Å²) in [6.45, 7) is 3.34. The van der Waals surface area contributed by atoms with Gasteiger partial charge >= 0.3 is 18.0 Å². The van der Waals surface area contributed by atoms with Gasteiger partial charge in [-0.3, -0.25) is 10.1 Å². The van der Waals surface area contributed by atoms with Crippen molar-refractivity contribution in [1.29, 1.82) is 0 Å². The number of alkyl halides is 6. The lowest BCUT2D eigenvalue weighted by Crippen LogP contribution is -2.53. The molecule has 39 heavy (non-hydrogen) atoms. The Bertz CT molecular complexity index is 1550. The predicted octanol–water partition coefficient (Wildman–Crippen LogP) is 6.48. The van der Waals surface area contributed by atoms with Crippen molar-refractivity contribution in [1.82, 2.24) is 10.1 Å². The Balaban J connectivity index is 1.92. The maximum absolute atomic E-state index is 13.4. The second-order valence-electron chi connectivity index (χ2n) is 8.46. The molecule has 2 N–H and O–H groups in total. The molecule has 9 nitrogen and oxygen atoms in total. The summed E-state index contributed by atoms with van der Waals surface area (Å²) in [7, 11) is 1.33. The highest BCUT2D eigenvalue weighted by Crippen LogP contribution is 2.50. The monoisotopic (exact) mass is 556 g/mol. The van der Waals surface area contributed by atoms with E-state index in [1.165, 1.54) is 19.2 Å². The molecule has 15 heteroatoms. The quantitative estimate of drug-likeness (QED) is 0.157. The largest absolute Gasteiger partial charge is 0.496 e. The van der Waals surface area contributed by atoms with E-state index in [9.17, 15) is 41.6 Å². The lowest BCUT2D eigenvalue weighted by atomic mass is 9.92. The third-order valence-corrected chi connectivity index (χ3v) is 6.04. The number of methoxy groups -OCH3 is 1. The zero-order valence-electron chi connectivity index (χ0n) is 20.2. The number of rotatable bonds is 6. The van der Waals surface area contributed by atoms with Crippen LogP contribution in [-0.4, -0.2) is 39.6 Å². The van der Waals surface area contributed by atoms with Gasteiger partial charge in [0.25, 0.3) is 5.60 Å². The van der Waals surface area contributed by atoms with Gasteiger partial charge in [0.1, 0.15) is 23.4 Å². The summed E-state index contributed by atoms with van der Waals surface area (Å²) >= 11 is 0. The van der Waals surface area contributed by atoms with E-state index in [1.54, 1.807) is 13.8 Å². The van der Waals surface area contributed by atoms with E-state index in [4.69, 9.17) is 9.26 Å². The number of hydrogen-bond donors (Lipinski definition) is 2. The molecule has 2 heterocycles. The summed E-state index contributed by atoms with van der Waals surface area (Å²) in [4.78, 5) is 15.1. The number of hydrogen-bond acceptors (Lipinski definition) is 8. The number of ether oxygens (including phenoxy) is 1. The second kappa shape index (κ2) is 9.41. The third kappa shape index (κ3) is 4.58. The summed E-state index contributed by atoms with van der Waals surface area (Å²) in [6.07, 6.45) is -11.3. The van der Waals surface area contributed by atoms with Crippen LogP contribution in [0, 0.1) is 24.0 Å². The number of fused-ring (bicyclic) bond motifs is 1. The Morgan fingerprint density at radius 3 is 2.28 bits per heavy atom. The van der Waals surface area contributed by atoms with Crippen LogP contribution in [0.2, 0.25) is 0 Å². The van der Waals surface area contributed by atoms with Gasteiger partial charge in [-0.25, -0.2) is 4.98 Å². The minimum absolute atomic E-state index is 0.0730.